The number of allylic oxidation sites excluding steroid dienone is 2. The van der Waals surface area contributed by atoms with Crippen LogP contribution in [0.1, 0.15) is 63.9 Å². The fourth-order valence-electron chi connectivity index (χ4n) is 2.34. The van der Waals surface area contributed by atoms with E-state index in [2.05, 4.69) is 19.1 Å². The number of unbranched alkanes of at least 4 members (excludes halogenated alkanes) is 6. The van der Waals surface area contributed by atoms with E-state index < -0.39 is 10.1 Å². The highest BCUT2D eigenvalue weighted by Crippen LogP contribution is 2.13. The highest BCUT2D eigenvalue weighted by molar-refractivity contribution is 7.85. The quantitative estimate of drug-likeness (QED) is 0.347. The summed E-state index contributed by atoms with van der Waals surface area (Å²) >= 11 is 0. The van der Waals surface area contributed by atoms with Gasteiger partial charge in [-0.05, 0) is 56.2 Å². The summed E-state index contributed by atoms with van der Waals surface area (Å²) in [5, 5.41) is 0. The third-order valence-corrected chi connectivity index (χ3v) is 4.57. The largest absolute Gasteiger partial charge is 0.294 e. The lowest BCUT2D eigenvalue weighted by Gasteiger charge is -2.02. The van der Waals surface area contributed by atoms with Crippen LogP contribution in [0.2, 0.25) is 0 Å². The van der Waals surface area contributed by atoms with Crippen LogP contribution in [0.5, 0.6) is 0 Å². The normalized spacial score (nSPS) is 12.1. The van der Waals surface area contributed by atoms with Gasteiger partial charge >= 0.3 is 0 Å². The van der Waals surface area contributed by atoms with Crippen LogP contribution < -0.4 is 0 Å². The maximum absolute atomic E-state index is 10.9. The lowest BCUT2D eigenvalue weighted by Crippen LogP contribution is -1.97. The molecular formula is C18H28O3S. The van der Waals surface area contributed by atoms with E-state index in [1.165, 1.54) is 50.7 Å². The van der Waals surface area contributed by atoms with E-state index in [1.54, 1.807) is 12.1 Å². The van der Waals surface area contributed by atoms with E-state index in [4.69, 9.17) is 4.55 Å². The summed E-state index contributed by atoms with van der Waals surface area (Å²) in [5.74, 6) is 0. The molecule has 1 rings (SSSR count). The third kappa shape index (κ3) is 8.35. The Morgan fingerprint density at radius 3 is 2.05 bits per heavy atom. The molecule has 1 N–H and O–H groups in total. The highest BCUT2D eigenvalue weighted by Gasteiger charge is 2.07. The van der Waals surface area contributed by atoms with E-state index in [-0.39, 0.29) is 4.90 Å². The molecule has 1 aromatic rings. The monoisotopic (exact) mass is 324 g/mol. The third-order valence-electron chi connectivity index (χ3n) is 3.70. The van der Waals surface area contributed by atoms with E-state index in [0.717, 1.165) is 24.8 Å². The standard InChI is InChI=1S/C18H28O3S/c1-2-3-4-5-6-7-8-9-10-11-12-17-13-15-18(16-14-17)22(19,20)21/h6-7,13-16H,2-5,8-12H2,1H3,(H,19,20,21)/b7-6+. The van der Waals surface area contributed by atoms with E-state index >= 15 is 0 Å². The Balaban J connectivity index is 2.12. The van der Waals surface area contributed by atoms with Crippen molar-refractivity contribution in [2.24, 2.45) is 0 Å². The van der Waals surface area contributed by atoms with Gasteiger partial charge in [-0.2, -0.15) is 8.42 Å². The van der Waals surface area contributed by atoms with Crippen molar-refractivity contribution in [3.63, 3.8) is 0 Å². The molecule has 124 valence electrons. The molecule has 4 heteroatoms. The molecule has 0 aliphatic rings. The predicted octanol–water partition coefficient (Wildman–Crippen LogP) is 5.17. The van der Waals surface area contributed by atoms with Gasteiger partial charge in [0.2, 0.25) is 0 Å². The van der Waals surface area contributed by atoms with Crippen LogP contribution >= 0.6 is 0 Å². The summed E-state index contributed by atoms with van der Waals surface area (Å²) in [6.07, 6.45) is 15.3. The number of rotatable bonds is 11. The molecule has 0 aliphatic heterocycles. The van der Waals surface area contributed by atoms with Crippen LogP contribution in [0, 0.1) is 0 Å². The van der Waals surface area contributed by atoms with Gasteiger partial charge in [0.05, 0.1) is 4.90 Å². The van der Waals surface area contributed by atoms with Crippen molar-refractivity contribution in [3.8, 4) is 0 Å². The first kappa shape index (κ1) is 18.9. The predicted molar refractivity (Wildman–Crippen MR) is 91.7 cm³/mol. The molecule has 0 amide bonds. The molecule has 0 aromatic heterocycles. The molecule has 3 nitrogen and oxygen atoms in total. The van der Waals surface area contributed by atoms with Gasteiger partial charge in [-0.25, -0.2) is 0 Å². The lowest BCUT2D eigenvalue weighted by atomic mass is 10.1. The van der Waals surface area contributed by atoms with Crippen LogP contribution in [-0.4, -0.2) is 13.0 Å². The molecule has 0 heterocycles. The Labute approximate surface area is 135 Å². The fourth-order valence-corrected chi connectivity index (χ4v) is 2.82. The zero-order chi connectivity index (χ0) is 16.3. The Bertz CT molecular complexity index is 530. The molecule has 0 saturated heterocycles. The van der Waals surface area contributed by atoms with Crippen LogP contribution in [0.15, 0.2) is 41.3 Å². The Morgan fingerprint density at radius 2 is 1.50 bits per heavy atom. The second kappa shape index (κ2) is 10.6. The summed E-state index contributed by atoms with van der Waals surface area (Å²) in [5.41, 5.74) is 1.11. The van der Waals surface area contributed by atoms with Crippen LogP contribution in [-0.2, 0) is 16.5 Å². The first-order valence-electron chi connectivity index (χ1n) is 8.25. The fraction of sp³-hybridized carbons (Fsp3) is 0.556. The van der Waals surface area contributed by atoms with Crippen molar-refractivity contribution in [3.05, 3.63) is 42.0 Å². The van der Waals surface area contributed by atoms with Crippen molar-refractivity contribution < 1.29 is 13.0 Å². The zero-order valence-corrected chi connectivity index (χ0v) is 14.3. The van der Waals surface area contributed by atoms with Crippen LogP contribution in [0.4, 0.5) is 0 Å². The van der Waals surface area contributed by atoms with E-state index in [1.807, 2.05) is 0 Å². The Hall–Kier alpha value is -1.13. The Kier molecular flexibility index (Phi) is 9.09. The first-order valence-corrected chi connectivity index (χ1v) is 9.69. The summed E-state index contributed by atoms with van der Waals surface area (Å²) < 4.78 is 30.8. The lowest BCUT2D eigenvalue weighted by molar-refractivity contribution is 0.483. The zero-order valence-electron chi connectivity index (χ0n) is 13.5. The van der Waals surface area contributed by atoms with E-state index in [0.29, 0.717) is 0 Å². The molecule has 0 unspecified atom stereocenters. The van der Waals surface area contributed by atoms with Crippen molar-refractivity contribution in [1.29, 1.82) is 0 Å². The Morgan fingerprint density at radius 1 is 0.909 bits per heavy atom. The smallest absolute Gasteiger partial charge is 0.282 e. The minimum Gasteiger partial charge on any atom is -0.282 e. The number of aryl methyl sites for hydroxylation is 1. The molecule has 1 aromatic carbocycles. The highest BCUT2D eigenvalue weighted by atomic mass is 32.2. The second-order valence-corrected chi connectivity index (χ2v) is 7.11. The van der Waals surface area contributed by atoms with Gasteiger partial charge in [-0.15, -0.1) is 0 Å². The second-order valence-electron chi connectivity index (χ2n) is 5.69. The molecule has 0 fully saturated rings. The van der Waals surface area contributed by atoms with Crippen LogP contribution in [0.25, 0.3) is 0 Å². The molecule has 0 atom stereocenters. The minimum atomic E-state index is -4.07. The molecular weight excluding hydrogens is 296 g/mol. The van der Waals surface area contributed by atoms with Gasteiger partial charge in [0, 0.05) is 0 Å². The van der Waals surface area contributed by atoms with Crippen molar-refractivity contribution >= 4 is 10.1 Å². The van der Waals surface area contributed by atoms with Crippen molar-refractivity contribution in [2.75, 3.05) is 0 Å². The van der Waals surface area contributed by atoms with E-state index in [9.17, 15) is 8.42 Å². The van der Waals surface area contributed by atoms with Gasteiger partial charge in [0.1, 0.15) is 0 Å². The van der Waals surface area contributed by atoms with Gasteiger partial charge in [-0.3, -0.25) is 4.55 Å². The van der Waals surface area contributed by atoms with Gasteiger partial charge in [-0.1, -0.05) is 50.5 Å². The van der Waals surface area contributed by atoms with Gasteiger partial charge < -0.3 is 0 Å². The molecule has 0 saturated carbocycles. The maximum Gasteiger partial charge on any atom is 0.294 e. The number of hydrogen-bond acceptors (Lipinski definition) is 2. The SMILES string of the molecule is CCCCC/C=C/CCCCCc1ccc(S(=O)(=O)O)cc1. The molecule has 0 radical (unpaired) electrons. The average molecular weight is 324 g/mol. The summed E-state index contributed by atoms with van der Waals surface area (Å²) in [6.45, 7) is 2.22. The number of hydrogen-bond donors (Lipinski definition) is 1. The number of benzene rings is 1. The topological polar surface area (TPSA) is 54.4 Å². The van der Waals surface area contributed by atoms with Crippen molar-refractivity contribution in [2.45, 2.75) is 69.6 Å². The average Bonchev–Trinajstić information content (AvgIpc) is 2.49. The van der Waals surface area contributed by atoms with Crippen LogP contribution in [0.3, 0.4) is 0 Å². The van der Waals surface area contributed by atoms with Gasteiger partial charge in [0.25, 0.3) is 10.1 Å². The first-order chi connectivity index (χ1) is 10.5. The maximum atomic E-state index is 10.9. The summed E-state index contributed by atoms with van der Waals surface area (Å²) in [4.78, 5) is -0.0375. The molecule has 0 spiro atoms. The van der Waals surface area contributed by atoms with Crippen molar-refractivity contribution in [1.82, 2.24) is 0 Å². The molecule has 0 bridgehead atoms. The summed E-state index contributed by atoms with van der Waals surface area (Å²) in [6, 6.07) is 6.47. The molecule has 22 heavy (non-hydrogen) atoms. The van der Waals surface area contributed by atoms with Gasteiger partial charge in [0.15, 0.2) is 0 Å². The molecule has 0 aliphatic carbocycles. The summed E-state index contributed by atoms with van der Waals surface area (Å²) in [7, 11) is -4.07. The minimum absolute atomic E-state index is 0.0375.